The molecule has 1 fully saturated rings. The molecule has 3 aromatic rings. The van der Waals surface area contributed by atoms with Crippen LogP contribution in [0, 0.1) is 5.82 Å². The van der Waals surface area contributed by atoms with Crippen LogP contribution < -0.4 is 10.1 Å². The predicted octanol–water partition coefficient (Wildman–Crippen LogP) is 4.62. The molecule has 0 radical (unpaired) electrons. The summed E-state index contributed by atoms with van der Waals surface area (Å²) in [6.45, 7) is 4.56. The molecule has 0 bridgehead atoms. The van der Waals surface area contributed by atoms with Crippen molar-refractivity contribution in [1.82, 2.24) is 9.88 Å². The molecular weight excluding hydrogens is 369 g/mol. The van der Waals surface area contributed by atoms with Gasteiger partial charge < -0.3 is 15.0 Å². The molecule has 6 heteroatoms. The van der Waals surface area contributed by atoms with E-state index in [1.807, 2.05) is 36.1 Å². The molecule has 2 aromatic carbocycles. The molecule has 0 aliphatic carbocycles. The first-order chi connectivity index (χ1) is 14.2. The monoisotopic (exact) mass is 393 g/mol. The van der Waals surface area contributed by atoms with E-state index in [4.69, 9.17) is 4.74 Å². The first-order valence-corrected chi connectivity index (χ1v) is 9.99. The first-order valence-electron chi connectivity index (χ1n) is 9.99. The number of hydrogen-bond donors (Lipinski definition) is 1. The largest absolute Gasteiger partial charge is 0.494 e. The maximum absolute atomic E-state index is 14.0. The number of rotatable bonds is 6. The van der Waals surface area contributed by atoms with E-state index in [9.17, 15) is 9.18 Å². The molecule has 4 rings (SSSR count). The standard InChI is InChI=1S/C23H24FN3O2/c1-2-29-18-8-5-16(6-9-18)14-26-22-19-13-17(24)7-10-21(19)25-15-20(22)23(28)27-11-3-4-12-27/h5-10,13,15H,2-4,11-12,14H2,1H3,(H,25,26). The van der Waals surface area contributed by atoms with Crippen LogP contribution in [0.4, 0.5) is 10.1 Å². The van der Waals surface area contributed by atoms with Crippen LogP contribution in [0.2, 0.25) is 0 Å². The summed E-state index contributed by atoms with van der Waals surface area (Å²) < 4.78 is 19.4. The summed E-state index contributed by atoms with van der Waals surface area (Å²) in [5.41, 5.74) is 2.80. The van der Waals surface area contributed by atoms with Crippen LogP contribution in [0.1, 0.15) is 35.7 Å². The average molecular weight is 393 g/mol. The van der Waals surface area contributed by atoms with E-state index < -0.39 is 0 Å². The highest BCUT2D eigenvalue weighted by atomic mass is 19.1. The highest BCUT2D eigenvalue weighted by Gasteiger charge is 2.23. The van der Waals surface area contributed by atoms with Crippen LogP contribution in [0.5, 0.6) is 5.75 Å². The van der Waals surface area contributed by atoms with Crippen molar-refractivity contribution in [1.29, 1.82) is 0 Å². The number of nitrogens with zero attached hydrogens (tertiary/aromatic N) is 2. The van der Waals surface area contributed by atoms with E-state index in [0.717, 1.165) is 37.2 Å². The normalized spacial score (nSPS) is 13.7. The third kappa shape index (κ3) is 4.16. The van der Waals surface area contributed by atoms with Crippen molar-refractivity contribution < 1.29 is 13.9 Å². The topological polar surface area (TPSA) is 54.5 Å². The van der Waals surface area contributed by atoms with Gasteiger partial charge in [-0.1, -0.05) is 12.1 Å². The third-order valence-corrected chi connectivity index (χ3v) is 5.16. The van der Waals surface area contributed by atoms with Crippen molar-refractivity contribution in [3.8, 4) is 5.75 Å². The Morgan fingerprint density at radius 1 is 1.17 bits per heavy atom. The summed E-state index contributed by atoms with van der Waals surface area (Å²) in [6.07, 6.45) is 3.62. The summed E-state index contributed by atoms with van der Waals surface area (Å²) in [5, 5.41) is 3.97. The van der Waals surface area contributed by atoms with Crippen molar-refractivity contribution in [2.45, 2.75) is 26.3 Å². The quantitative estimate of drug-likeness (QED) is 0.664. The van der Waals surface area contributed by atoms with Crippen LogP contribution in [0.25, 0.3) is 10.9 Å². The summed E-state index contributed by atoms with van der Waals surface area (Å²) in [7, 11) is 0. The Balaban J connectivity index is 1.66. The number of benzene rings is 2. The summed E-state index contributed by atoms with van der Waals surface area (Å²) in [4.78, 5) is 19.3. The van der Waals surface area contributed by atoms with E-state index in [-0.39, 0.29) is 11.7 Å². The molecule has 1 aliphatic heterocycles. The second-order valence-electron chi connectivity index (χ2n) is 7.14. The molecule has 2 heterocycles. The van der Waals surface area contributed by atoms with Gasteiger partial charge in [-0.25, -0.2) is 4.39 Å². The Hall–Kier alpha value is -3.15. The molecule has 0 atom stereocenters. The minimum atomic E-state index is -0.353. The van der Waals surface area contributed by atoms with E-state index in [1.54, 1.807) is 12.3 Å². The molecule has 1 amide bonds. The minimum Gasteiger partial charge on any atom is -0.494 e. The second kappa shape index (κ2) is 8.47. The van der Waals surface area contributed by atoms with Gasteiger partial charge in [0.15, 0.2) is 0 Å². The maximum atomic E-state index is 14.0. The zero-order chi connectivity index (χ0) is 20.2. The number of anilines is 1. The highest BCUT2D eigenvalue weighted by molar-refractivity contribution is 6.07. The summed E-state index contributed by atoms with van der Waals surface area (Å²) >= 11 is 0. The van der Waals surface area contributed by atoms with Crippen LogP contribution in [0.15, 0.2) is 48.7 Å². The second-order valence-corrected chi connectivity index (χ2v) is 7.14. The minimum absolute atomic E-state index is 0.0599. The van der Waals surface area contributed by atoms with Crippen molar-refractivity contribution in [2.75, 3.05) is 25.0 Å². The lowest BCUT2D eigenvalue weighted by molar-refractivity contribution is 0.0793. The van der Waals surface area contributed by atoms with Crippen molar-refractivity contribution in [2.24, 2.45) is 0 Å². The lowest BCUT2D eigenvalue weighted by Crippen LogP contribution is -2.28. The molecule has 1 saturated heterocycles. The fourth-order valence-corrected chi connectivity index (χ4v) is 3.67. The molecular formula is C23H24FN3O2. The maximum Gasteiger partial charge on any atom is 0.257 e. The van der Waals surface area contributed by atoms with Gasteiger partial charge in [0, 0.05) is 31.2 Å². The molecule has 0 unspecified atom stereocenters. The number of hydrogen-bond acceptors (Lipinski definition) is 4. The molecule has 1 aliphatic rings. The van der Waals surface area contributed by atoms with Crippen LogP contribution in [-0.2, 0) is 6.54 Å². The van der Waals surface area contributed by atoms with Crippen LogP contribution >= 0.6 is 0 Å². The molecule has 29 heavy (non-hydrogen) atoms. The zero-order valence-corrected chi connectivity index (χ0v) is 16.5. The van der Waals surface area contributed by atoms with Crippen LogP contribution in [0.3, 0.4) is 0 Å². The molecule has 5 nitrogen and oxygen atoms in total. The Morgan fingerprint density at radius 3 is 2.66 bits per heavy atom. The van der Waals surface area contributed by atoms with Crippen LogP contribution in [-0.4, -0.2) is 35.5 Å². The van der Waals surface area contributed by atoms with Crippen molar-refractivity contribution >= 4 is 22.5 Å². The Bertz CT molecular complexity index is 1010. The van der Waals surface area contributed by atoms with Gasteiger partial charge in [-0.3, -0.25) is 9.78 Å². The fourth-order valence-electron chi connectivity index (χ4n) is 3.67. The summed E-state index contributed by atoms with van der Waals surface area (Å²) in [5.74, 6) is 0.405. The van der Waals surface area contributed by atoms with Gasteiger partial charge in [-0.15, -0.1) is 0 Å². The Morgan fingerprint density at radius 2 is 1.93 bits per heavy atom. The zero-order valence-electron chi connectivity index (χ0n) is 16.5. The lowest BCUT2D eigenvalue weighted by atomic mass is 10.1. The average Bonchev–Trinajstić information content (AvgIpc) is 3.27. The number of carbonyl (C=O) groups excluding carboxylic acids is 1. The van der Waals surface area contributed by atoms with Gasteiger partial charge in [0.2, 0.25) is 0 Å². The van der Waals surface area contributed by atoms with Crippen molar-refractivity contribution in [3.05, 3.63) is 65.6 Å². The van der Waals surface area contributed by atoms with Crippen molar-refractivity contribution in [3.63, 3.8) is 0 Å². The predicted molar refractivity (Wildman–Crippen MR) is 112 cm³/mol. The smallest absolute Gasteiger partial charge is 0.257 e. The number of nitrogens with one attached hydrogen (secondary N) is 1. The highest BCUT2D eigenvalue weighted by Crippen LogP contribution is 2.29. The number of aromatic nitrogens is 1. The van der Waals surface area contributed by atoms with Gasteiger partial charge in [0.1, 0.15) is 11.6 Å². The third-order valence-electron chi connectivity index (χ3n) is 5.16. The molecule has 150 valence electrons. The lowest BCUT2D eigenvalue weighted by Gasteiger charge is -2.19. The van der Waals surface area contributed by atoms with Gasteiger partial charge in [0.25, 0.3) is 5.91 Å². The number of fused-ring (bicyclic) bond motifs is 1. The Labute approximate surface area is 169 Å². The van der Waals surface area contributed by atoms with Gasteiger partial charge in [-0.05, 0) is 55.7 Å². The number of ether oxygens (including phenoxy) is 1. The van der Waals surface area contributed by atoms with Gasteiger partial charge >= 0.3 is 0 Å². The van der Waals surface area contributed by atoms with E-state index >= 15 is 0 Å². The van der Waals surface area contributed by atoms with Gasteiger partial charge in [-0.2, -0.15) is 0 Å². The van der Waals surface area contributed by atoms with E-state index in [2.05, 4.69) is 10.3 Å². The van der Waals surface area contributed by atoms with E-state index in [0.29, 0.717) is 35.3 Å². The number of amides is 1. The van der Waals surface area contributed by atoms with Gasteiger partial charge in [0.05, 0.1) is 23.4 Å². The number of halogens is 1. The van der Waals surface area contributed by atoms with E-state index in [1.165, 1.54) is 12.1 Å². The molecule has 1 aromatic heterocycles. The number of likely N-dealkylation sites (tertiary alicyclic amines) is 1. The summed E-state index contributed by atoms with van der Waals surface area (Å²) in [6, 6.07) is 12.2. The molecule has 1 N–H and O–H groups in total. The Kier molecular flexibility index (Phi) is 5.60. The number of pyridine rings is 1. The molecule has 0 saturated carbocycles. The number of carbonyl (C=O) groups is 1. The SMILES string of the molecule is CCOc1ccc(CNc2c(C(=O)N3CCCC3)cnc3ccc(F)cc23)cc1. The first kappa shape index (κ1) is 19.2. The fraction of sp³-hybridized carbons (Fsp3) is 0.304. The molecule has 0 spiro atoms.